The minimum atomic E-state index is -4.54. The Morgan fingerprint density at radius 3 is 2.07 bits per heavy atom. The van der Waals surface area contributed by atoms with E-state index in [9.17, 15) is 18.0 Å². The fourth-order valence-electron chi connectivity index (χ4n) is 4.88. The van der Waals surface area contributed by atoms with Gasteiger partial charge in [-0.15, -0.1) is 0 Å². The van der Waals surface area contributed by atoms with E-state index in [-0.39, 0.29) is 23.4 Å². The van der Waals surface area contributed by atoms with E-state index in [1.165, 1.54) is 11.0 Å². The van der Waals surface area contributed by atoms with Crippen LogP contribution in [0.1, 0.15) is 45.0 Å². The second-order valence-electron chi connectivity index (χ2n) is 10.3. The highest BCUT2D eigenvalue weighted by molar-refractivity contribution is 6.32. The Morgan fingerprint density at radius 2 is 1.48 bits per heavy atom. The lowest BCUT2D eigenvalue weighted by atomic mass is 9.90. The lowest BCUT2D eigenvalue weighted by molar-refractivity contribution is -0.137. The van der Waals surface area contributed by atoms with Crippen molar-refractivity contribution in [2.75, 3.05) is 33.8 Å². The van der Waals surface area contributed by atoms with E-state index in [1.54, 1.807) is 44.4 Å². The van der Waals surface area contributed by atoms with Gasteiger partial charge >= 0.3 is 6.18 Å². The van der Waals surface area contributed by atoms with E-state index in [1.807, 2.05) is 36.4 Å². The highest BCUT2D eigenvalue weighted by atomic mass is 35.5. The molecule has 0 saturated carbocycles. The molecule has 4 nitrogen and oxygen atoms in total. The summed E-state index contributed by atoms with van der Waals surface area (Å²) in [4.78, 5) is 16.0. The topological polar surface area (TPSA) is 32.8 Å². The first kappa shape index (κ1) is 31.1. The number of nitrogens with zero attached hydrogens (tertiary/aromatic N) is 2. The Kier molecular flexibility index (Phi) is 10.7. The number of carbonyl (C=O) groups excluding carboxylic acids is 1. The number of hydrogen-bond acceptors (Lipinski definition) is 3. The van der Waals surface area contributed by atoms with Crippen molar-refractivity contribution in [3.8, 4) is 5.75 Å². The zero-order chi connectivity index (χ0) is 30.1. The summed E-state index contributed by atoms with van der Waals surface area (Å²) in [6, 6.07) is 31.2. The lowest BCUT2D eigenvalue weighted by Crippen LogP contribution is -2.31. The third-order valence-electron chi connectivity index (χ3n) is 7.00. The van der Waals surface area contributed by atoms with Gasteiger partial charge in [-0.25, -0.2) is 0 Å². The zero-order valence-electron chi connectivity index (χ0n) is 23.7. The molecule has 220 valence electrons. The fourth-order valence-corrected chi connectivity index (χ4v) is 5.18. The van der Waals surface area contributed by atoms with E-state index < -0.39 is 11.7 Å². The summed E-state index contributed by atoms with van der Waals surface area (Å²) in [5, 5.41) is -0.274. The minimum Gasteiger partial charge on any atom is -0.494 e. The van der Waals surface area contributed by atoms with Gasteiger partial charge in [0.05, 0.1) is 17.2 Å². The molecule has 8 heteroatoms. The predicted octanol–water partition coefficient (Wildman–Crippen LogP) is 8.16. The molecule has 0 aromatic heterocycles. The van der Waals surface area contributed by atoms with Crippen molar-refractivity contribution >= 4 is 17.5 Å². The molecule has 0 spiro atoms. The summed E-state index contributed by atoms with van der Waals surface area (Å²) >= 11 is 6.31. The van der Waals surface area contributed by atoms with E-state index in [0.717, 1.165) is 17.2 Å². The summed E-state index contributed by atoms with van der Waals surface area (Å²) in [6.07, 6.45) is -3.93. The molecule has 1 amide bonds. The first-order chi connectivity index (χ1) is 20.1. The summed E-state index contributed by atoms with van der Waals surface area (Å²) in [6.45, 7) is 1.73. The van der Waals surface area contributed by atoms with Gasteiger partial charge in [0.1, 0.15) is 5.75 Å². The summed E-state index contributed by atoms with van der Waals surface area (Å²) in [5.74, 6) is 0.464. The maximum absolute atomic E-state index is 13.6. The Labute approximate surface area is 250 Å². The van der Waals surface area contributed by atoms with Gasteiger partial charge < -0.3 is 9.64 Å². The van der Waals surface area contributed by atoms with Crippen molar-refractivity contribution in [2.45, 2.75) is 25.1 Å². The number of alkyl halides is 3. The van der Waals surface area contributed by atoms with Crippen LogP contribution in [0, 0.1) is 0 Å². The van der Waals surface area contributed by atoms with Crippen molar-refractivity contribution in [3.63, 3.8) is 0 Å². The number of rotatable bonds is 12. The van der Waals surface area contributed by atoms with Gasteiger partial charge in [-0.2, -0.15) is 13.2 Å². The van der Waals surface area contributed by atoms with Crippen LogP contribution in [-0.4, -0.2) is 49.5 Å². The molecule has 0 radical (unpaired) electrons. The summed E-state index contributed by atoms with van der Waals surface area (Å²) in [5.41, 5.74) is 2.35. The molecule has 4 aromatic carbocycles. The van der Waals surface area contributed by atoms with Crippen LogP contribution in [0.3, 0.4) is 0 Å². The predicted molar refractivity (Wildman–Crippen MR) is 161 cm³/mol. The molecule has 4 rings (SSSR count). The van der Waals surface area contributed by atoms with Crippen molar-refractivity contribution in [3.05, 3.63) is 136 Å². The average molecular weight is 595 g/mol. The molecule has 0 unspecified atom stereocenters. The Bertz CT molecular complexity index is 1410. The molecule has 0 atom stereocenters. The maximum atomic E-state index is 13.6. The summed E-state index contributed by atoms with van der Waals surface area (Å²) in [7, 11) is 3.39. The second kappa shape index (κ2) is 14.4. The second-order valence-corrected chi connectivity index (χ2v) is 10.7. The number of halogens is 4. The van der Waals surface area contributed by atoms with Crippen molar-refractivity contribution in [1.82, 2.24) is 9.80 Å². The van der Waals surface area contributed by atoms with Crippen LogP contribution >= 0.6 is 11.6 Å². The first-order valence-corrected chi connectivity index (χ1v) is 14.1. The van der Waals surface area contributed by atoms with Crippen LogP contribution in [0.2, 0.25) is 5.02 Å². The number of hydrogen-bond donors (Lipinski definition) is 0. The standard InChI is InChI=1S/C34H34ClF3N2O2/c1-39(2)33(41)27-16-9-18-29(22-27)42-21-11-20-40(23-28-17-10-19-31(32(28)35)34(36,37)38)24-30(25-12-5-3-6-13-25)26-14-7-4-8-15-26/h3-10,12-19,22,30H,11,20-21,23-24H2,1-2H3. The van der Waals surface area contributed by atoms with Crippen LogP contribution in [0.5, 0.6) is 5.75 Å². The molecule has 0 heterocycles. The van der Waals surface area contributed by atoms with E-state index in [4.69, 9.17) is 16.3 Å². The Balaban J connectivity index is 1.55. The highest BCUT2D eigenvalue weighted by Gasteiger charge is 2.34. The quantitative estimate of drug-likeness (QED) is 0.155. The van der Waals surface area contributed by atoms with E-state index in [2.05, 4.69) is 29.2 Å². The number of carbonyl (C=O) groups is 1. The Morgan fingerprint density at radius 1 is 0.857 bits per heavy atom. The molecular weight excluding hydrogens is 561 g/mol. The van der Waals surface area contributed by atoms with Crippen LogP contribution < -0.4 is 4.74 Å². The van der Waals surface area contributed by atoms with Crippen molar-refractivity contribution in [1.29, 1.82) is 0 Å². The molecule has 4 aromatic rings. The molecule has 0 saturated heterocycles. The monoisotopic (exact) mass is 594 g/mol. The molecular formula is C34H34ClF3N2O2. The smallest absolute Gasteiger partial charge is 0.417 e. The third-order valence-corrected chi connectivity index (χ3v) is 7.44. The van der Waals surface area contributed by atoms with E-state index in [0.29, 0.717) is 43.0 Å². The summed E-state index contributed by atoms with van der Waals surface area (Å²) < 4.78 is 46.8. The minimum absolute atomic E-state index is 0.00776. The van der Waals surface area contributed by atoms with Gasteiger partial charge in [0.2, 0.25) is 0 Å². The van der Waals surface area contributed by atoms with Crippen LogP contribution in [0.4, 0.5) is 13.2 Å². The van der Waals surface area contributed by atoms with Crippen molar-refractivity contribution < 1.29 is 22.7 Å². The molecule has 0 N–H and O–H groups in total. The Hall–Kier alpha value is -3.81. The molecule has 0 fully saturated rings. The van der Waals surface area contributed by atoms with Gasteiger partial charge in [-0.1, -0.05) is 90.5 Å². The number of amides is 1. The van der Waals surface area contributed by atoms with Gasteiger partial charge in [-0.3, -0.25) is 9.69 Å². The average Bonchev–Trinajstić information content (AvgIpc) is 2.98. The zero-order valence-corrected chi connectivity index (χ0v) is 24.4. The maximum Gasteiger partial charge on any atom is 0.417 e. The number of ether oxygens (including phenoxy) is 1. The van der Waals surface area contributed by atoms with Gasteiger partial charge in [0.15, 0.2) is 0 Å². The van der Waals surface area contributed by atoms with E-state index >= 15 is 0 Å². The van der Waals surface area contributed by atoms with Crippen LogP contribution in [-0.2, 0) is 12.7 Å². The fraction of sp³-hybridized carbons (Fsp3) is 0.265. The van der Waals surface area contributed by atoms with Crippen LogP contribution in [0.25, 0.3) is 0 Å². The number of benzene rings is 4. The van der Waals surface area contributed by atoms with Crippen molar-refractivity contribution in [2.24, 2.45) is 0 Å². The largest absolute Gasteiger partial charge is 0.494 e. The van der Waals surface area contributed by atoms with Crippen LogP contribution in [0.15, 0.2) is 103 Å². The molecule has 0 aliphatic heterocycles. The lowest BCUT2D eigenvalue weighted by Gasteiger charge is -2.29. The first-order valence-electron chi connectivity index (χ1n) is 13.7. The molecule has 0 aliphatic rings. The highest BCUT2D eigenvalue weighted by Crippen LogP contribution is 2.37. The molecule has 42 heavy (non-hydrogen) atoms. The SMILES string of the molecule is CN(C)C(=O)c1cccc(OCCCN(Cc2cccc(C(F)(F)F)c2Cl)CC(c2ccccc2)c2ccccc2)c1. The van der Waals surface area contributed by atoms with Gasteiger partial charge in [0.25, 0.3) is 5.91 Å². The molecule has 0 aliphatic carbocycles. The normalized spacial score (nSPS) is 11.6. The van der Waals surface area contributed by atoms with Gasteiger partial charge in [0, 0.05) is 45.2 Å². The third kappa shape index (κ3) is 8.37. The van der Waals surface area contributed by atoms with Gasteiger partial charge in [-0.05, 0) is 47.4 Å². The molecule has 0 bridgehead atoms.